The maximum atomic E-state index is 5.39. The molecule has 0 amide bonds. The predicted octanol–water partition coefficient (Wildman–Crippen LogP) is 3.42. The standard InChI is InChI=1S/C17H21NO3.ClH/c1-19-15-9-8-14(17(10-15)21-3)12-18-11-13-6-4-5-7-16(13)20-2;/h4-10,18H,11-12H2,1-3H3;1H. The summed E-state index contributed by atoms with van der Waals surface area (Å²) in [7, 11) is 5.00. The molecule has 0 fully saturated rings. The molecule has 2 aromatic rings. The Balaban J connectivity index is 0.00000242. The van der Waals surface area contributed by atoms with Crippen molar-refractivity contribution in [2.75, 3.05) is 21.3 Å². The average molecular weight is 324 g/mol. The molecule has 0 aromatic heterocycles. The highest BCUT2D eigenvalue weighted by Gasteiger charge is 2.06. The monoisotopic (exact) mass is 323 g/mol. The summed E-state index contributed by atoms with van der Waals surface area (Å²) < 4.78 is 15.9. The minimum Gasteiger partial charge on any atom is -0.497 e. The molecule has 0 heterocycles. The molecule has 0 unspecified atom stereocenters. The van der Waals surface area contributed by atoms with Gasteiger partial charge in [-0.3, -0.25) is 0 Å². The minimum atomic E-state index is 0. The van der Waals surface area contributed by atoms with Gasteiger partial charge in [0.05, 0.1) is 21.3 Å². The molecule has 120 valence electrons. The highest BCUT2D eigenvalue weighted by atomic mass is 35.5. The van der Waals surface area contributed by atoms with Gasteiger partial charge in [-0.15, -0.1) is 12.4 Å². The quantitative estimate of drug-likeness (QED) is 0.847. The number of ether oxygens (including phenoxy) is 3. The lowest BCUT2D eigenvalue weighted by Gasteiger charge is -2.12. The summed E-state index contributed by atoms with van der Waals surface area (Å²) in [6.45, 7) is 1.45. The molecule has 0 atom stereocenters. The highest BCUT2D eigenvalue weighted by Crippen LogP contribution is 2.24. The lowest BCUT2D eigenvalue weighted by Crippen LogP contribution is -2.14. The first-order valence-corrected chi connectivity index (χ1v) is 6.82. The van der Waals surface area contributed by atoms with Crippen LogP contribution in [0.1, 0.15) is 11.1 Å². The average Bonchev–Trinajstić information content (AvgIpc) is 2.55. The molecule has 4 nitrogen and oxygen atoms in total. The Bertz CT molecular complexity index is 590. The molecule has 0 aliphatic heterocycles. The van der Waals surface area contributed by atoms with E-state index < -0.39 is 0 Å². The molecule has 1 N–H and O–H groups in total. The van der Waals surface area contributed by atoms with E-state index in [2.05, 4.69) is 11.4 Å². The van der Waals surface area contributed by atoms with Gasteiger partial charge in [0.15, 0.2) is 0 Å². The number of benzene rings is 2. The number of para-hydroxylation sites is 1. The second-order valence-electron chi connectivity index (χ2n) is 4.59. The van der Waals surface area contributed by atoms with Gasteiger partial charge >= 0.3 is 0 Å². The highest BCUT2D eigenvalue weighted by molar-refractivity contribution is 5.85. The number of hydrogen-bond acceptors (Lipinski definition) is 4. The van der Waals surface area contributed by atoms with Crippen LogP contribution in [0.3, 0.4) is 0 Å². The van der Waals surface area contributed by atoms with Crippen LogP contribution in [0.15, 0.2) is 42.5 Å². The fraction of sp³-hybridized carbons (Fsp3) is 0.294. The van der Waals surface area contributed by atoms with Crippen LogP contribution in [-0.4, -0.2) is 21.3 Å². The van der Waals surface area contributed by atoms with Crippen LogP contribution in [-0.2, 0) is 13.1 Å². The van der Waals surface area contributed by atoms with Crippen molar-refractivity contribution >= 4 is 12.4 Å². The molecule has 0 bridgehead atoms. The third-order valence-corrected chi connectivity index (χ3v) is 3.32. The maximum absolute atomic E-state index is 5.39. The van der Waals surface area contributed by atoms with E-state index in [1.54, 1.807) is 21.3 Å². The molecule has 22 heavy (non-hydrogen) atoms. The maximum Gasteiger partial charge on any atom is 0.127 e. The molecular weight excluding hydrogens is 302 g/mol. The van der Waals surface area contributed by atoms with Crippen molar-refractivity contribution in [3.63, 3.8) is 0 Å². The molecule has 0 aliphatic carbocycles. The lowest BCUT2D eigenvalue weighted by molar-refractivity contribution is 0.389. The third-order valence-electron chi connectivity index (χ3n) is 3.32. The van der Waals surface area contributed by atoms with Crippen molar-refractivity contribution in [2.24, 2.45) is 0 Å². The molecule has 2 rings (SSSR count). The summed E-state index contributed by atoms with van der Waals surface area (Å²) >= 11 is 0. The number of methoxy groups -OCH3 is 3. The number of rotatable bonds is 7. The van der Waals surface area contributed by atoms with Gasteiger partial charge in [0.25, 0.3) is 0 Å². The number of halogens is 1. The van der Waals surface area contributed by atoms with Crippen molar-refractivity contribution in [3.8, 4) is 17.2 Å². The zero-order valence-corrected chi connectivity index (χ0v) is 13.9. The van der Waals surface area contributed by atoms with E-state index in [-0.39, 0.29) is 12.4 Å². The van der Waals surface area contributed by atoms with Crippen LogP contribution in [0.4, 0.5) is 0 Å². The van der Waals surface area contributed by atoms with E-state index >= 15 is 0 Å². The second kappa shape index (κ2) is 9.18. The van der Waals surface area contributed by atoms with Crippen LogP contribution in [0, 0.1) is 0 Å². The first-order valence-electron chi connectivity index (χ1n) is 6.82. The number of hydrogen-bond donors (Lipinski definition) is 1. The molecule has 5 heteroatoms. The first-order chi connectivity index (χ1) is 10.3. The lowest BCUT2D eigenvalue weighted by atomic mass is 10.1. The summed E-state index contributed by atoms with van der Waals surface area (Å²) in [5.41, 5.74) is 2.22. The van der Waals surface area contributed by atoms with Crippen molar-refractivity contribution in [1.29, 1.82) is 0 Å². The zero-order valence-electron chi connectivity index (χ0n) is 13.1. The SMILES string of the molecule is COc1ccc(CNCc2ccccc2OC)c(OC)c1.Cl. The van der Waals surface area contributed by atoms with Gasteiger partial charge in [0.2, 0.25) is 0 Å². The molecule has 2 aromatic carbocycles. The van der Waals surface area contributed by atoms with Gasteiger partial charge in [0.1, 0.15) is 17.2 Å². The van der Waals surface area contributed by atoms with Crippen molar-refractivity contribution in [1.82, 2.24) is 5.32 Å². The molecular formula is C17H22ClNO3. The Kier molecular flexibility index (Phi) is 7.57. The van der Waals surface area contributed by atoms with E-state index in [1.807, 2.05) is 36.4 Å². The molecule has 0 saturated heterocycles. The minimum absolute atomic E-state index is 0. The van der Waals surface area contributed by atoms with Crippen LogP contribution < -0.4 is 19.5 Å². The van der Waals surface area contributed by atoms with Crippen LogP contribution in [0.25, 0.3) is 0 Å². The Morgan fingerprint density at radius 1 is 0.773 bits per heavy atom. The van der Waals surface area contributed by atoms with Crippen LogP contribution in [0.2, 0.25) is 0 Å². The summed E-state index contributed by atoms with van der Waals surface area (Å²) in [6.07, 6.45) is 0. The normalized spacial score (nSPS) is 9.77. The third kappa shape index (κ3) is 4.55. The Morgan fingerprint density at radius 2 is 1.41 bits per heavy atom. The van der Waals surface area contributed by atoms with Gasteiger partial charge in [-0.05, 0) is 12.1 Å². The van der Waals surface area contributed by atoms with E-state index in [9.17, 15) is 0 Å². The zero-order chi connectivity index (χ0) is 15.1. The largest absolute Gasteiger partial charge is 0.497 e. The Labute approximate surface area is 137 Å². The summed E-state index contributed by atoms with van der Waals surface area (Å²) in [5, 5.41) is 3.40. The van der Waals surface area contributed by atoms with Crippen LogP contribution >= 0.6 is 12.4 Å². The molecule has 0 aliphatic rings. The fourth-order valence-electron chi connectivity index (χ4n) is 2.18. The molecule has 0 spiro atoms. The first kappa shape index (κ1) is 18.1. The van der Waals surface area contributed by atoms with Gasteiger partial charge in [0, 0.05) is 30.3 Å². The van der Waals surface area contributed by atoms with E-state index in [0.717, 1.165) is 34.9 Å². The summed E-state index contributed by atoms with van der Waals surface area (Å²) in [4.78, 5) is 0. The van der Waals surface area contributed by atoms with Crippen LogP contribution in [0.5, 0.6) is 17.2 Å². The van der Waals surface area contributed by atoms with E-state index in [0.29, 0.717) is 6.54 Å². The summed E-state index contributed by atoms with van der Waals surface area (Å²) in [5.74, 6) is 2.51. The smallest absolute Gasteiger partial charge is 0.127 e. The molecule has 0 radical (unpaired) electrons. The molecule has 0 saturated carbocycles. The van der Waals surface area contributed by atoms with Gasteiger partial charge < -0.3 is 19.5 Å². The Morgan fingerprint density at radius 3 is 2.05 bits per heavy atom. The second-order valence-corrected chi connectivity index (χ2v) is 4.59. The van der Waals surface area contributed by atoms with Crippen molar-refractivity contribution in [2.45, 2.75) is 13.1 Å². The van der Waals surface area contributed by atoms with Crippen molar-refractivity contribution < 1.29 is 14.2 Å². The van der Waals surface area contributed by atoms with E-state index in [4.69, 9.17) is 14.2 Å². The van der Waals surface area contributed by atoms with Gasteiger partial charge in [-0.2, -0.15) is 0 Å². The number of nitrogens with one attached hydrogen (secondary N) is 1. The topological polar surface area (TPSA) is 39.7 Å². The summed E-state index contributed by atoms with van der Waals surface area (Å²) in [6, 6.07) is 13.8. The van der Waals surface area contributed by atoms with Gasteiger partial charge in [-0.1, -0.05) is 24.3 Å². The van der Waals surface area contributed by atoms with E-state index in [1.165, 1.54) is 0 Å². The fourth-order valence-corrected chi connectivity index (χ4v) is 2.18. The predicted molar refractivity (Wildman–Crippen MR) is 90.3 cm³/mol. The van der Waals surface area contributed by atoms with Crippen molar-refractivity contribution in [3.05, 3.63) is 53.6 Å². The van der Waals surface area contributed by atoms with Gasteiger partial charge in [-0.25, -0.2) is 0 Å². The Hall–Kier alpha value is -1.91.